The van der Waals surface area contributed by atoms with Crippen LogP contribution in [0, 0.1) is 0 Å². The highest BCUT2D eigenvalue weighted by Crippen LogP contribution is 2.18. The number of nitrogens with zero attached hydrogens (tertiary/aromatic N) is 4. The van der Waals surface area contributed by atoms with Crippen molar-refractivity contribution in [3.63, 3.8) is 0 Å². The number of β-amino-alcohol motifs (C(OH)–C–C–N with tert-alkyl or cyclic N) is 1. The first kappa shape index (κ1) is 12.2. The van der Waals surface area contributed by atoms with E-state index in [-0.39, 0.29) is 18.9 Å². The summed E-state index contributed by atoms with van der Waals surface area (Å²) in [7, 11) is 0. The Morgan fingerprint density at radius 1 is 1.44 bits per heavy atom. The van der Waals surface area contributed by atoms with Crippen molar-refractivity contribution in [1.82, 2.24) is 20.1 Å². The number of rotatable bonds is 2. The largest absolute Gasteiger partial charge is 0.480 e. The van der Waals surface area contributed by atoms with Crippen LogP contribution < -0.4 is 5.32 Å². The molecular weight excluding hydrogens is 242 g/mol. The number of amides is 2. The number of aliphatic hydroxyl groups excluding tert-OH is 1. The molecule has 0 aliphatic carbocycles. The van der Waals surface area contributed by atoms with Gasteiger partial charge in [0.1, 0.15) is 6.04 Å². The van der Waals surface area contributed by atoms with Crippen LogP contribution in [-0.2, 0) is 4.79 Å². The minimum absolute atomic E-state index is 0.0106. The van der Waals surface area contributed by atoms with Crippen molar-refractivity contribution in [3.8, 4) is 0 Å². The summed E-state index contributed by atoms with van der Waals surface area (Å²) in [5.74, 6) is -1.18. The maximum atomic E-state index is 11.8. The molecule has 2 amide bonds. The van der Waals surface area contributed by atoms with Gasteiger partial charge in [0, 0.05) is 13.0 Å². The van der Waals surface area contributed by atoms with Crippen molar-refractivity contribution in [2.24, 2.45) is 0 Å². The third-order valence-electron chi connectivity index (χ3n) is 2.53. The molecule has 0 saturated carbocycles. The first-order valence-electron chi connectivity index (χ1n) is 5.20. The van der Waals surface area contributed by atoms with E-state index in [1.807, 2.05) is 0 Å². The molecule has 0 spiro atoms. The molecule has 1 saturated heterocycles. The van der Waals surface area contributed by atoms with E-state index in [9.17, 15) is 14.7 Å². The van der Waals surface area contributed by atoms with Crippen LogP contribution in [0.2, 0.25) is 0 Å². The SMILES string of the molecule is O=C(O)[C@@H]1CC(O)CN1C(=O)Nc1nccnn1. The molecule has 96 valence electrons. The van der Waals surface area contributed by atoms with Gasteiger partial charge in [0.15, 0.2) is 0 Å². The second-order valence-corrected chi connectivity index (χ2v) is 3.79. The molecule has 1 fully saturated rings. The number of carboxylic acids is 1. The summed E-state index contributed by atoms with van der Waals surface area (Å²) in [5, 5.41) is 27.7. The number of likely N-dealkylation sites (tertiary alicyclic amines) is 1. The molecular formula is C9H11N5O4. The monoisotopic (exact) mass is 253 g/mol. The number of aliphatic carboxylic acids is 1. The Morgan fingerprint density at radius 2 is 2.22 bits per heavy atom. The molecule has 18 heavy (non-hydrogen) atoms. The fraction of sp³-hybridized carbons (Fsp3) is 0.444. The molecule has 0 radical (unpaired) electrons. The fourth-order valence-corrected chi connectivity index (χ4v) is 1.74. The van der Waals surface area contributed by atoms with Crippen LogP contribution in [0.1, 0.15) is 6.42 Å². The van der Waals surface area contributed by atoms with Gasteiger partial charge in [-0.1, -0.05) is 0 Å². The van der Waals surface area contributed by atoms with E-state index in [0.717, 1.165) is 4.90 Å². The van der Waals surface area contributed by atoms with E-state index >= 15 is 0 Å². The zero-order valence-electron chi connectivity index (χ0n) is 9.22. The van der Waals surface area contributed by atoms with E-state index < -0.39 is 24.1 Å². The predicted molar refractivity (Wildman–Crippen MR) is 57.6 cm³/mol. The van der Waals surface area contributed by atoms with E-state index in [4.69, 9.17) is 5.11 Å². The Morgan fingerprint density at radius 3 is 2.83 bits per heavy atom. The average Bonchev–Trinajstić information content (AvgIpc) is 2.73. The van der Waals surface area contributed by atoms with Crippen molar-refractivity contribution < 1.29 is 19.8 Å². The van der Waals surface area contributed by atoms with Crippen LogP contribution in [0.4, 0.5) is 10.7 Å². The number of hydrogen-bond acceptors (Lipinski definition) is 6. The van der Waals surface area contributed by atoms with Crippen molar-refractivity contribution >= 4 is 17.9 Å². The number of hydrogen-bond donors (Lipinski definition) is 3. The summed E-state index contributed by atoms with van der Waals surface area (Å²) in [5.41, 5.74) is 0. The maximum Gasteiger partial charge on any atom is 0.326 e. The minimum atomic E-state index is -1.16. The molecule has 1 aromatic heterocycles. The van der Waals surface area contributed by atoms with Crippen molar-refractivity contribution in [2.75, 3.05) is 11.9 Å². The molecule has 1 aromatic rings. The van der Waals surface area contributed by atoms with Gasteiger partial charge in [-0.3, -0.25) is 5.32 Å². The molecule has 2 rings (SSSR count). The Bertz CT molecular complexity index is 454. The van der Waals surface area contributed by atoms with E-state index in [2.05, 4.69) is 20.5 Å². The molecule has 9 nitrogen and oxygen atoms in total. The summed E-state index contributed by atoms with van der Waals surface area (Å²) in [4.78, 5) is 27.5. The Kier molecular flexibility index (Phi) is 3.33. The van der Waals surface area contributed by atoms with Crippen molar-refractivity contribution in [2.45, 2.75) is 18.6 Å². The third kappa shape index (κ3) is 2.51. The third-order valence-corrected chi connectivity index (χ3v) is 2.53. The lowest BCUT2D eigenvalue weighted by Crippen LogP contribution is -2.43. The average molecular weight is 253 g/mol. The lowest BCUT2D eigenvalue weighted by atomic mass is 10.2. The summed E-state index contributed by atoms with van der Waals surface area (Å²) >= 11 is 0. The number of carbonyl (C=O) groups excluding carboxylic acids is 1. The molecule has 1 aliphatic heterocycles. The van der Waals surface area contributed by atoms with Gasteiger partial charge < -0.3 is 15.1 Å². The highest BCUT2D eigenvalue weighted by atomic mass is 16.4. The van der Waals surface area contributed by atoms with Crippen molar-refractivity contribution in [3.05, 3.63) is 12.4 Å². The number of anilines is 1. The topological polar surface area (TPSA) is 129 Å². The number of urea groups is 1. The molecule has 2 heterocycles. The second-order valence-electron chi connectivity index (χ2n) is 3.79. The van der Waals surface area contributed by atoms with E-state index in [1.54, 1.807) is 0 Å². The Labute approximate surface area is 101 Å². The van der Waals surface area contributed by atoms with Crippen molar-refractivity contribution in [1.29, 1.82) is 0 Å². The fourth-order valence-electron chi connectivity index (χ4n) is 1.74. The van der Waals surface area contributed by atoms with Gasteiger partial charge in [-0.25, -0.2) is 14.6 Å². The van der Waals surface area contributed by atoms with E-state index in [1.165, 1.54) is 12.4 Å². The summed E-state index contributed by atoms with van der Waals surface area (Å²) in [6.07, 6.45) is 1.86. The first-order valence-corrected chi connectivity index (χ1v) is 5.20. The van der Waals surface area contributed by atoms with Gasteiger partial charge in [0.05, 0.1) is 18.5 Å². The Hall–Kier alpha value is -2.29. The molecule has 1 unspecified atom stereocenters. The van der Waals surface area contributed by atoms with Crippen LogP contribution in [0.5, 0.6) is 0 Å². The number of carbonyl (C=O) groups is 2. The first-order chi connectivity index (χ1) is 8.58. The lowest BCUT2D eigenvalue weighted by molar-refractivity contribution is -0.141. The summed E-state index contributed by atoms with van der Waals surface area (Å²) < 4.78 is 0. The standard InChI is InChI=1S/C9H11N5O4/c15-5-3-6(7(16)17)14(4-5)9(18)12-8-10-1-2-11-13-8/h1-2,5-6,15H,3-4H2,(H,16,17)(H,10,12,13,18)/t5?,6-/m0/s1. The van der Waals surface area contributed by atoms with Gasteiger partial charge in [-0.15, -0.1) is 5.10 Å². The lowest BCUT2D eigenvalue weighted by Gasteiger charge is -2.20. The highest BCUT2D eigenvalue weighted by Gasteiger charge is 2.39. The molecule has 0 aromatic carbocycles. The molecule has 9 heteroatoms. The van der Waals surface area contributed by atoms with Gasteiger partial charge >= 0.3 is 12.0 Å². The number of nitrogens with one attached hydrogen (secondary N) is 1. The minimum Gasteiger partial charge on any atom is -0.480 e. The molecule has 3 N–H and O–H groups in total. The van der Waals surface area contributed by atoms with E-state index in [0.29, 0.717) is 0 Å². The van der Waals surface area contributed by atoms with Crippen LogP contribution in [-0.4, -0.2) is 61.0 Å². The molecule has 2 atom stereocenters. The summed E-state index contributed by atoms with van der Waals surface area (Å²) in [6, 6.07) is -1.72. The summed E-state index contributed by atoms with van der Waals surface area (Å²) in [6.45, 7) is -0.0386. The van der Waals surface area contributed by atoms with Gasteiger partial charge in [0.25, 0.3) is 5.95 Å². The highest BCUT2D eigenvalue weighted by molar-refractivity contribution is 5.91. The normalized spacial score (nSPS) is 22.8. The number of aromatic nitrogens is 3. The molecule has 1 aliphatic rings. The van der Waals surface area contributed by atoms with Crippen LogP contribution in [0.15, 0.2) is 12.4 Å². The van der Waals surface area contributed by atoms with Gasteiger partial charge in [-0.05, 0) is 0 Å². The number of aliphatic hydroxyl groups is 1. The van der Waals surface area contributed by atoms with Crippen LogP contribution in [0.3, 0.4) is 0 Å². The second kappa shape index (κ2) is 4.92. The smallest absolute Gasteiger partial charge is 0.326 e. The van der Waals surface area contributed by atoms with Gasteiger partial charge in [0.2, 0.25) is 0 Å². The maximum absolute atomic E-state index is 11.8. The Balaban J connectivity index is 2.06. The quantitative estimate of drug-likeness (QED) is 0.611. The van der Waals surface area contributed by atoms with Crippen LogP contribution in [0.25, 0.3) is 0 Å². The zero-order chi connectivity index (χ0) is 13.1. The zero-order valence-corrected chi connectivity index (χ0v) is 9.22. The molecule has 0 bridgehead atoms. The predicted octanol–water partition coefficient (Wildman–Crippen LogP) is -1.08. The van der Waals surface area contributed by atoms with Gasteiger partial charge in [-0.2, -0.15) is 5.10 Å². The number of carboxylic acid groups (broad SMARTS) is 1. The van der Waals surface area contributed by atoms with Crippen LogP contribution >= 0.6 is 0 Å².